The van der Waals surface area contributed by atoms with E-state index in [1.54, 1.807) is 0 Å². The SMILES string of the molecule is OC1CCC2c3ccccc3CC1C21N=N1. The van der Waals surface area contributed by atoms with Crippen molar-refractivity contribution in [2.45, 2.75) is 36.9 Å². The normalized spacial score (nSPS) is 37.2. The van der Waals surface area contributed by atoms with Gasteiger partial charge in [0.1, 0.15) is 0 Å². The van der Waals surface area contributed by atoms with Gasteiger partial charge in [-0.25, -0.2) is 0 Å². The van der Waals surface area contributed by atoms with E-state index in [4.69, 9.17) is 0 Å². The summed E-state index contributed by atoms with van der Waals surface area (Å²) in [7, 11) is 0. The Hall–Kier alpha value is -1.22. The maximum Gasteiger partial charge on any atom is 0.203 e. The van der Waals surface area contributed by atoms with Gasteiger partial charge >= 0.3 is 0 Å². The van der Waals surface area contributed by atoms with Crippen LogP contribution < -0.4 is 0 Å². The average molecular weight is 214 g/mol. The van der Waals surface area contributed by atoms with Gasteiger partial charge in [0.25, 0.3) is 0 Å². The summed E-state index contributed by atoms with van der Waals surface area (Å²) in [5, 5.41) is 18.7. The summed E-state index contributed by atoms with van der Waals surface area (Å²) < 4.78 is 0. The fraction of sp³-hybridized carbons (Fsp3) is 0.538. The maximum absolute atomic E-state index is 10.1. The third-order valence-electron chi connectivity index (χ3n) is 4.48. The van der Waals surface area contributed by atoms with Crippen LogP contribution in [0.25, 0.3) is 0 Å². The standard InChI is InChI=1S/C13H14N2O/c16-12-6-5-10-9-4-2-1-3-8(9)7-11(12)13(10)14-15-13/h1-4,10-12,16H,5-7H2. The second-order valence-corrected chi connectivity index (χ2v) is 5.19. The van der Waals surface area contributed by atoms with Crippen LogP contribution in [0.15, 0.2) is 34.5 Å². The Morgan fingerprint density at radius 1 is 1.19 bits per heavy atom. The quantitative estimate of drug-likeness (QED) is 0.707. The number of aliphatic hydroxyl groups is 1. The predicted molar refractivity (Wildman–Crippen MR) is 59.2 cm³/mol. The first-order chi connectivity index (χ1) is 7.81. The summed E-state index contributed by atoms with van der Waals surface area (Å²) in [4.78, 5) is 0. The Bertz CT molecular complexity index is 477. The third kappa shape index (κ3) is 0.925. The topological polar surface area (TPSA) is 45.0 Å². The maximum atomic E-state index is 10.1. The highest BCUT2D eigenvalue weighted by Gasteiger charge is 2.61. The second-order valence-electron chi connectivity index (χ2n) is 5.19. The Kier molecular flexibility index (Phi) is 1.51. The summed E-state index contributed by atoms with van der Waals surface area (Å²) in [6.07, 6.45) is 2.62. The molecule has 16 heavy (non-hydrogen) atoms. The molecule has 1 aromatic rings. The molecule has 0 aromatic heterocycles. The van der Waals surface area contributed by atoms with E-state index >= 15 is 0 Å². The van der Waals surface area contributed by atoms with Gasteiger partial charge in [-0.15, -0.1) is 0 Å². The van der Waals surface area contributed by atoms with E-state index in [1.807, 2.05) is 0 Å². The van der Waals surface area contributed by atoms with Gasteiger partial charge in [-0.2, -0.15) is 10.2 Å². The van der Waals surface area contributed by atoms with E-state index < -0.39 is 0 Å². The van der Waals surface area contributed by atoms with Gasteiger partial charge in [0.2, 0.25) is 5.66 Å². The van der Waals surface area contributed by atoms with E-state index in [2.05, 4.69) is 34.5 Å². The molecule has 2 aliphatic carbocycles. The molecule has 3 atom stereocenters. The second kappa shape index (κ2) is 2.72. The van der Waals surface area contributed by atoms with Crippen LogP contribution in [-0.4, -0.2) is 16.9 Å². The van der Waals surface area contributed by atoms with Crippen LogP contribution >= 0.6 is 0 Å². The van der Waals surface area contributed by atoms with E-state index in [-0.39, 0.29) is 17.7 Å². The van der Waals surface area contributed by atoms with Crippen molar-refractivity contribution in [1.29, 1.82) is 0 Å². The number of hydrogen-bond acceptors (Lipinski definition) is 3. The molecule has 3 aliphatic rings. The summed E-state index contributed by atoms with van der Waals surface area (Å²) in [6, 6.07) is 8.57. The Balaban J connectivity index is 1.88. The molecule has 1 aromatic carbocycles. The van der Waals surface area contributed by atoms with Gasteiger partial charge < -0.3 is 5.11 Å². The van der Waals surface area contributed by atoms with E-state index in [1.165, 1.54) is 11.1 Å². The van der Waals surface area contributed by atoms with Gasteiger partial charge in [0, 0.05) is 11.8 Å². The molecule has 1 N–H and O–H groups in total. The molecule has 82 valence electrons. The molecule has 3 heteroatoms. The van der Waals surface area contributed by atoms with Crippen LogP contribution in [0, 0.1) is 5.92 Å². The molecular formula is C13H14N2O. The van der Waals surface area contributed by atoms with Crippen LogP contribution in [0.4, 0.5) is 0 Å². The molecule has 0 saturated heterocycles. The zero-order valence-corrected chi connectivity index (χ0v) is 9.00. The molecule has 4 rings (SSSR count). The van der Waals surface area contributed by atoms with E-state index in [9.17, 15) is 5.11 Å². The number of rotatable bonds is 0. The minimum absolute atomic E-state index is 0.223. The molecule has 0 amide bonds. The van der Waals surface area contributed by atoms with Crippen molar-refractivity contribution in [3.8, 4) is 0 Å². The van der Waals surface area contributed by atoms with Crippen LogP contribution in [0.1, 0.15) is 29.9 Å². The Labute approximate surface area is 94.2 Å². The first-order valence-electron chi connectivity index (χ1n) is 6.01. The molecule has 3 unspecified atom stereocenters. The third-order valence-corrected chi connectivity index (χ3v) is 4.48. The average Bonchev–Trinajstić information content (AvgIpc) is 3.05. The number of benzene rings is 1. The highest BCUT2D eigenvalue weighted by atomic mass is 16.3. The molecule has 2 bridgehead atoms. The molecule has 3 nitrogen and oxygen atoms in total. The van der Waals surface area contributed by atoms with E-state index in [0.29, 0.717) is 5.92 Å². The Morgan fingerprint density at radius 2 is 2.00 bits per heavy atom. The monoisotopic (exact) mass is 214 g/mol. The van der Waals surface area contributed by atoms with Crippen LogP contribution in [0.2, 0.25) is 0 Å². The van der Waals surface area contributed by atoms with Crippen molar-refractivity contribution < 1.29 is 5.11 Å². The minimum atomic E-state index is -0.244. The lowest BCUT2D eigenvalue weighted by Gasteiger charge is -2.43. The lowest BCUT2D eigenvalue weighted by molar-refractivity contribution is 0.0260. The van der Waals surface area contributed by atoms with Gasteiger partial charge in [0.15, 0.2) is 0 Å². The molecule has 1 aliphatic heterocycles. The fourth-order valence-electron chi connectivity index (χ4n) is 3.61. The smallest absolute Gasteiger partial charge is 0.203 e. The van der Waals surface area contributed by atoms with Crippen molar-refractivity contribution in [2.75, 3.05) is 0 Å². The fourth-order valence-corrected chi connectivity index (χ4v) is 3.61. The summed E-state index contributed by atoms with van der Waals surface area (Å²) in [6.45, 7) is 0. The molecule has 1 heterocycles. The number of fused-ring (bicyclic) bond motifs is 2. The minimum Gasteiger partial charge on any atom is -0.393 e. The van der Waals surface area contributed by atoms with Crippen LogP contribution in [0.3, 0.4) is 0 Å². The lowest BCUT2D eigenvalue weighted by Crippen LogP contribution is -2.48. The van der Waals surface area contributed by atoms with Gasteiger partial charge in [-0.05, 0) is 30.4 Å². The summed E-state index contributed by atoms with van der Waals surface area (Å²) >= 11 is 0. The van der Waals surface area contributed by atoms with Gasteiger partial charge in [-0.1, -0.05) is 24.3 Å². The van der Waals surface area contributed by atoms with Crippen molar-refractivity contribution in [3.05, 3.63) is 35.4 Å². The Morgan fingerprint density at radius 3 is 2.81 bits per heavy atom. The largest absolute Gasteiger partial charge is 0.393 e. The van der Waals surface area contributed by atoms with Crippen molar-refractivity contribution in [3.63, 3.8) is 0 Å². The number of nitrogens with zero attached hydrogens (tertiary/aromatic N) is 2. The molecule has 1 fully saturated rings. The molecular weight excluding hydrogens is 200 g/mol. The lowest BCUT2D eigenvalue weighted by atomic mass is 9.62. The van der Waals surface area contributed by atoms with Crippen molar-refractivity contribution in [1.82, 2.24) is 0 Å². The first-order valence-corrected chi connectivity index (χ1v) is 6.01. The molecule has 1 saturated carbocycles. The zero-order valence-electron chi connectivity index (χ0n) is 9.00. The first kappa shape index (κ1) is 8.88. The van der Waals surface area contributed by atoms with Crippen LogP contribution in [0.5, 0.6) is 0 Å². The molecule has 1 spiro atoms. The van der Waals surface area contributed by atoms with Crippen molar-refractivity contribution in [2.24, 2.45) is 16.1 Å². The summed E-state index contributed by atoms with van der Waals surface area (Å²) in [5.41, 5.74) is 2.56. The highest BCUT2D eigenvalue weighted by molar-refractivity contribution is 5.40. The van der Waals surface area contributed by atoms with Crippen molar-refractivity contribution >= 4 is 0 Å². The van der Waals surface area contributed by atoms with E-state index in [0.717, 1.165) is 19.3 Å². The highest BCUT2D eigenvalue weighted by Crippen LogP contribution is 2.59. The number of hydrogen-bond donors (Lipinski definition) is 1. The van der Waals surface area contributed by atoms with Gasteiger partial charge in [0.05, 0.1) is 6.10 Å². The molecule has 0 radical (unpaired) electrons. The summed E-state index contributed by atoms with van der Waals surface area (Å²) in [5.74, 6) is 0.645. The van der Waals surface area contributed by atoms with Gasteiger partial charge in [-0.3, -0.25) is 0 Å². The predicted octanol–water partition coefficient (Wildman–Crippen LogP) is 2.26. The number of aliphatic hydroxyl groups excluding tert-OH is 1. The van der Waals surface area contributed by atoms with Crippen LogP contribution in [-0.2, 0) is 6.42 Å². The zero-order chi connectivity index (χ0) is 10.8.